The molecule has 4 rings (SSSR count). The van der Waals surface area contributed by atoms with E-state index in [0.29, 0.717) is 39.6 Å². The van der Waals surface area contributed by atoms with E-state index in [9.17, 15) is 0 Å². The van der Waals surface area contributed by atoms with Crippen molar-refractivity contribution in [3.63, 3.8) is 0 Å². The molecule has 0 aliphatic carbocycles. The van der Waals surface area contributed by atoms with Crippen molar-refractivity contribution >= 4 is 23.2 Å². The normalized spacial score (nSPS) is 10.6. The van der Waals surface area contributed by atoms with Gasteiger partial charge in [-0.3, -0.25) is 0 Å². The molecule has 0 saturated heterocycles. The summed E-state index contributed by atoms with van der Waals surface area (Å²) in [7, 11) is 0. The second kappa shape index (κ2) is 10.4. The molecule has 4 aromatic carbocycles. The lowest BCUT2D eigenvalue weighted by atomic mass is 10.1. The quantitative estimate of drug-likeness (QED) is 0.296. The van der Waals surface area contributed by atoms with Gasteiger partial charge in [-0.1, -0.05) is 59.6 Å². The van der Waals surface area contributed by atoms with Crippen LogP contribution in [0.4, 0.5) is 0 Å². The van der Waals surface area contributed by atoms with E-state index in [1.54, 1.807) is 24.3 Å². The summed E-state index contributed by atoms with van der Waals surface area (Å²) in [5, 5.41) is 4.80. The summed E-state index contributed by atoms with van der Waals surface area (Å²) in [6, 6.07) is 30.7. The summed E-state index contributed by atoms with van der Waals surface area (Å²) in [4.78, 5) is 0. The van der Waals surface area contributed by atoms with Crippen molar-refractivity contribution in [2.75, 3.05) is 0 Å². The number of halogens is 2. The minimum atomic E-state index is 0.652. The van der Waals surface area contributed by atoms with Gasteiger partial charge in [0, 0.05) is 34.8 Å². The maximum Gasteiger partial charge on any atom is 0.135 e. The minimum Gasteiger partial charge on any atom is -0.457 e. The molecule has 156 valence electrons. The molecular weight excluding hydrogens is 429 g/mol. The lowest BCUT2D eigenvalue weighted by Crippen LogP contribution is -2.13. The fourth-order valence-electron chi connectivity index (χ4n) is 3.05. The largest absolute Gasteiger partial charge is 0.457 e. The van der Waals surface area contributed by atoms with Gasteiger partial charge < -0.3 is 14.8 Å². The highest BCUT2D eigenvalue weighted by atomic mass is 35.5. The standard InChI is InChI=1S/C26H21Cl2NO2/c27-21-7-12-23(13-8-21)30-25-11-6-20(18-29-17-19-4-2-1-3-5-19)26(16-25)31-24-14-9-22(28)10-15-24/h1-16,29H,17-18H2. The van der Waals surface area contributed by atoms with Gasteiger partial charge in [-0.05, 0) is 60.2 Å². The van der Waals surface area contributed by atoms with Gasteiger partial charge in [-0.15, -0.1) is 0 Å². The number of hydrogen-bond acceptors (Lipinski definition) is 3. The molecule has 0 radical (unpaired) electrons. The molecule has 0 atom stereocenters. The average molecular weight is 450 g/mol. The summed E-state index contributed by atoms with van der Waals surface area (Å²) in [6.07, 6.45) is 0. The second-order valence-electron chi connectivity index (χ2n) is 6.97. The summed E-state index contributed by atoms with van der Waals surface area (Å²) in [6.45, 7) is 1.42. The van der Waals surface area contributed by atoms with Gasteiger partial charge in [0.2, 0.25) is 0 Å². The molecule has 1 N–H and O–H groups in total. The van der Waals surface area contributed by atoms with E-state index in [1.165, 1.54) is 5.56 Å². The third-order valence-corrected chi connectivity index (χ3v) is 5.12. The highest BCUT2D eigenvalue weighted by Crippen LogP contribution is 2.32. The van der Waals surface area contributed by atoms with Crippen LogP contribution in [0.1, 0.15) is 11.1 Å². The first-order valence-corrected chi connectivity index (χ1v) is 10.7. The molecule has 0 spiro atoms. The van der Waals surface area contributed by atoms with Gasteiger partial charge in [-0.2, -0.15) is 0 Å². The lowest BCUT2D eigenvalue weighted by molar-refractivity contribution is 0.454. The number of benzene rings is 4. The molecule has 0 saturated carbocycles. The van der Waals surface area contributed by atoms with Crippen LogP contribution in [0.5, 0.6) is 23.0 Å². The zero-order valence-corrected chi connectivity index (χ0v) is 18.2. The molecule has 31 heavy (non-hydrogen) atoms. The molecule has 0 bridgehead atoms. The van der Waals surface area contributed by atoms with Crippen LogP contribution >= 0.6 is 23.2 Å². The van der Waals surface area contributed by atoms with Crippen LogP contribution in [0.15, 0.2) is 97.1 Å². The first-order chi connectivity index (χ1) is 15.2. The Balaban J connectivity index is 1.53. The summed E-state index contributed by atoms with van der Waals surface area (Å²) < 4.78 is 12.1. The monoisotopic (exact) mass is 449 g/mol. The highest BCUT2D eigenvalue weighted by molar-refractivity contribution is 6.30. The SMILES string of the molecule is Clc1ccc(Oc2ccc(CNCc3ccccc3)c(Oc3ccc(Cl)cc3)c2)cc1. The van der Waals surface area contributed by atoms with Crippen LogP contribution < -0.4 is 14.8 Å². The Morgan fingerprint density at radius 1 is 0.581 bits per heavy atom. The van der Waals surface area contributed by atoms with Crippen LogP contribution in [0, 0.1) is 0 Å². The van der Waals surface area contributed by atoms with Gasteiger partial charge >= 0.3 is 0 Å². The van der Waals surface area contributed by atoms with Crippen molar-refractivity contribution in [3.8, 4) is 23.0 Å². The Labute approximate surface area is 192 Å². The van der Waals surface area contributed by atoms with Crippen LogP contribution in [-0.2, 0) is 13.1 Å². The molecule has 4 aromatic rings. The Bertz CT molecular complexity index is 1110. The van der Waals surface area contributed by atoms with Crippen LogP contribution in [0.25, 0.3) is 0 Å². The number of rotatable bonds is 8. The van der Waals surface area contributed by atoms with Gasteiger partial charge in [0.05, 0.1) is 0 Å². The van der Waals surface area contributed by atoms with E-state index >= 15 is 0 Å². The average Bonchev–Trinajstić information content (AvgIpc) is 2.79. The molecular formula is C26H21Cl2NO2. The summed E-state index contributed by atoms with van der Waals surface area (Å²) in [5.41, 5.74) is 2.25. The first kappa shape index (κ1) is 21.3. The fourth-order valence-corrected chi connectivity index (χ4v) is 3.30. The number of hydrogen-bond donors (Lipinski definition) is 1. The molecule has 3 nitrogen and oxygen atoms in total. The molecule has 0 aliphatic rings. The van der Waals surface area contributed by atoms with E-state index in [4.69, 9.17) is 32.7 Å². The fraction of sp³-hybridized carbons (Fsp3) is 0.0769. The van der Waals surface area contributed by atoms with Crippen molar-refractivity contribution in [1.29, 1.82) is 0 Å². The molecule has 0 aliphatic heterocycles. The number of nitrogens with one attached hydrogen (secondary N) is 1. The van der Waals surface area contributed by atoms with Crippen LogP contribution in [0.3, 0.4) is 0 Å². The predicted molar refractivity (Wildman–Crippen MR) is 126 cm³/mol. The smallest absolute Gasteiger partial charge is 0.135 e. The van der Waals surface area contributed by atoms with E-state index in [2.05, 4.69) is 17.4 Å². The summed E-state index contributed by atoms with van der Waals surface area (Å²) in [5.74, 6) is 2.81. The molecule has 0 aromatic heterocycles. The van der Waals surface area contributed by atoms with Gasteiger partial charge in [-0.25, -0.2) is 0 Å². The van der Waals surface area contributed by atoms with Crippen molar-refractivity contribution in [2.24, 2.45) is 0 Å². The van der Waals surface area contributed by atoms with E-state index in [0.717, 1.165) is 12.1 Å². The Morgan fingerprint density at radius 3 is 1.81 bits per heavy atom. The Morgan fingerprint density at radius 2 is 1.16 bits per heavy atom. The molecule has 0 unspecified atom stereocenters. The third kappa shape index (κ3) is 6.25. The minimum absolute atomic E-state index is 0.652. The molecule has 0 amide bonds. The Kier molecular flexibility index (Phi) is 7.11. The Hall–Kier alpha value is -2.98. The van der Waals surface area contributed by atoms with Crippen LogP contribution in [0.2, 0.25) is 10.0 Å². The van der Waals surface area contributed by atoms with Crippen molar-refractivity contribution in [3.05, 3.63) is 118 Å². The molecule has 0 fully saturated rings. The topological polar surface area (TPSA) is 30.5 Å². The zero-order chi connectivity index (χ0) is 21.5. The highest BCUT2D eigenvalue weighted by Gasteiger charge is 2.09. The van der Waals surface area contributed by atoms with Crippen molar-refractivity contribution < 1.29 is 9.47 Å². The van der Waals surface area contributed by atoms with Crippen molar-refractivity contribution in [2.45, 2.75) is 13.1 Å². The lowest BCUT2D eigenvalue weighted by Gasteiger charge is -2.15. The number of ether oxygens (including phenoxy) is 2. The van der Waals surface area contributed by atoms with Gasteiger partial charge in [0.1, 0.15) is 23.0 Å². The maximum absolute atomic E-state index is 6.16. The van der Waals surface area contributed by atoms with Gasteiger partial charge in [0.25, 0.3) is 0 Å². The molecule has 5 heteroatoms. The van der Waals surface area contributed by atoms with Crippen molar-refractivity contribution in [1.82, 2.24) is 5.32 Å². The summed E-state index contributed by atoms with van der Waals surface area (Å²) >= 11 is 12.0. The van der Waals surface area contributed by atoms with Crippen LogP contribution in [-0.4, -0.2) is 0 Å². The predicted octanol–water partition coefficient (Wildman–Crippen LogP) is 7.87. The van der Waals surface area contributed by atoms with E-state index in [-0.39, 0.29) is 0 Å². The maximum atomic E-state index is 6.16. The second-order valence-corrected chi connectivity index (χ2v) is 7.84. The van der Waals surface area contributed by atoms with E-state index in [1.807, 2.05) is 60.7 Å². The zero-order valence-electron chi connectivity index (χ0n) is 16.7. The first-order valence-electron chi connectivity index (χ1n) is 9.90. The molecule has 0 heterocycles. The van der Waals surface area contributed by atoms with Gasteiger partial charge in [0.15, 0.2) is 0 Å². The van der Waals surface area contributed by atoms with E-state index < -0.39 is 0 Å². The third-order valence-electron chi connectivity index (χ3n) is 4.62.